The van der Waals surface area contributed by atoms with Crippen molar-refractivity contribution in [3.05, 3.63) is 20.3 Å². The van der Waals surface area contributed by atoms with E-state index in [-0.39, 0.29) is 5.91 Å². The zero-order valence-electron chi connectivity index (χ0n) is 10.7. The van der Waals surface area contributed by atoms with Gasteiger partial charge in [0.25, 0.3) is 5.91 Å². The first-order valence-corrected chi connectivity index (χ1v) is 7.76. The largest absolute Gasteiger partial charge is 0.388 e. The first-order valence-electron chi connectivity index (χ1n) is 6.15. The molecule has 2 rings (SSSR count). The molecule has 0 saturated heterocycles. The third-order valence-corrected chi connectivity index (χ3v) is 5.61. The Balaban J connectivity index is 2.04. The highest BCUT2D eigenvalue weighted by Gasteiger charge is 2.33. The maximum absolute atomic E-state index is 12.2. The van der Waals surface area contributed by atoms with Crippen LogP contribution in [0.5, 0.6) is 0 Å². The molecular weight excluding hydrogens is 314 g/mol. The van der Waals surface area contributed by atoms with Crippen molar-refractivity contribution in [2.75, 3.05) is 13.6 Å². The molecule has 1 aromatic rings. The molecule has 0 unspecified atom stereocenters. The van der Waals surface area contributed by atoms with Crippen LogP contribution in [0.2, 0.25) is 0 Å². The summed E-state index contributed by atoms with van der Waals surface area (Å²) in [6, 6.07) is 1.90. The van der Waals surface area contributed by atoms with E-state index < -0.39 is 5.60 Å². The second-order valence-electron chi connectivity index (χ2n) is 5.16. The molecule has 1 fully saturated rings. The zero-order valence-corrected chi connectivity index (χ0v) is 13.1. The van der Waals surface area contributed by atoms with Gasteiger partial charge in [-0.25, -0.2) is 0 Å². The predicted octanol–water partition coefficient (Wildman–Crippen LogP) is 3.20. The number of halogens is 1. The lowest BCUT2D eigenvalue weighted by Crippen LogP contribution is -2.41. The highest BCUT2D eigenvalue weighted by Crippen LogP contribution is 2.31. The average Bonchev–Trinajstić information content (AvgIpc) is 2.86. The summed E-state index contributed by atoms with van der Waals surface area (Å²) in [4.78, 5) is 14.6. The standard InChI is InChI=1S/C13H18BrNO2S/c1-9-7-10(18-11(9)14)12(16)15(2)8-13(17)5-3-4-6-13/h7,17H,3-6,8H2,1-2H3. The van der Waals surface area contributed by atoms with E-state index >= 15 is 0 Å². The molecule has 0 spiro atoms. The van der Waals surface area contributed by atoms with Crippen molar-refractivity contribution in [1.29, 1.82) is 0 Å². The van der Waals surface area contributed by atoms with Crippen molar-refractivity contribution in [2.24, 2.45) is 0 Å². The van der Waals surface area contributed by atoms with Crippen LogP contribution in [0.3, 0.4) is 0 Å². The molecule has 0 aliphatic heterocycles. The summed E-state index contributed by atoms with van der Waals surface area (Å²) in [6.45, 7) is 2.41. The Bertz CT molecular complexity index is 432. The number of hydrogen-bond donors (Lipinski definition) is 1. The second kappa shape index (κ2) is 5.31. The SMILES string of the molecule is Cc1cc(C(=O)N(C)CC2(O)CCCC2)sc1Br. The first-order chi connectivity index (χ1) is 8.41. The quantitative estimate of drug-likeness (QED) is 0.923. The number of aliphatic hydroxyl groups is 1. The minimum atomic E-state index is -0.673. The van der Waals surface area contributed by atoms with E-state index in [2.05, 4.69) is 15.9 Å². The van der Waals surface area contributed by atoms with Gasteiger partial charge in [-0.15, -0.1) is 11.3 Å². The molecule has 5 heteroatoms. The molecular formula is C13H18BrNO2S. The Labute approximate surface area is 120 Å². The van der Waals surface area contributed by atoms with Gasteiger partial charge in [-0.05, 0) is 47.3 Å². The Kier molecular flexibility index (Phi) is 4.14. The first kappa shape index (κ1) is 14.0. The number of rotatable bonds is 3. The van der Waals surface area contributed by atoms with Crippen molar-refractivity contribution < 1.29 is 9.90 Å². The van der Waals surface area contributed by atoms with E-state index in [1.807, 2.05) is 13.0 Å². The third kappa shape index (κ3) is 2.95. The predicted molar refractivity (Wildman–Crippen MR) is 77.1 cm³/mol. The van der Waals surface area contributed by atoms with E-state index in [0.29, 0.717) is 6.54 Å². The molecule has 1 saturated carbocycles. The second-order valence-corrected chi connectivity index (χ2v) is 7.53. The minimum Gasteiger partial charge on any atom is -0.388 e. The Morgan fingerprint density at radius 3 is 2.67 bits per heavy atom. The lowest BCUT2D eigenvalue weighted by atomic mass is 10.0. The van der Waals surface area contributed by atoms with Crippen LogP contribution < -0.4 is 0 Å². The number of carbonyl (C=O) groups excluding carboxylic acids is 1. The van der Waals surface area contributed by atoms with Crippen molar-refractivity contribution in [3.63, 3.8) is 0 Å². The van der Waals surface area contributed by atoms with Crippen molar-refractivity contribution in [3.8, 4) is 0 Å². The van der Waals surface area contributed by atoms with Gasteiger partial charge in [0.15, 0.2) is 0 Å². The van der Waals surface area contributed by atoms with E-state index in [4.69, 9.17) is 0 Å². The third-order valence-electron chi connectivity index (χ3n) is 3.48. The monoisotopic (exact) mass is 331 g/mol. The summed E-state index contributed by atoms with van der Waals surface area (Å²) in [7, 11) is 1.77. The molecule has 1 amide bonds. The van der Waals surface area contributed by atoms with Gasteiger partial charge >= 0.3 is 0 Å². The van der Waals surface area contributed by atoms with Gasteiger partial charge in [0.1, 0.15) is 0 Å². The molecule has 1 aliphatic rings. The van der Waals surface area contributed by atoms with Crippen LogP contribution in [0.25, 0.3) is 0 Å². The summed E-state index contributed by atoms with van der Waals surface area (Å²) < 4.78 is 0.999. The smallest absolute Gasteiger partial charge is 0.263 e. The highest BCUT2D eigenvalue weighted by atomic mass is 79.9. The van der Waals surface area contributed by atoms with Gasteiger partial charge in [0.2, 0.25) is 0 Å². The zero-order chi connectivity index (χ0) is 13.3. The number of amides is 1. The molecule has 1 N–H and O–H groups in total. The van der Waals surface area contributed by atoms with E-state index in [1.165, 1.54) is 11.3 Å². The fourth-order valence-electron chi connectivity index (χ4n) is 2.46. The molecule has 0 radical (unpaired) electrons. The van der Waals surface area contributed by atoms with Crippen LogP contribution in [-0.2, 0) is 0 Å². The maximum Gasteiger partial charge on any atom is 0.263 e. The minimum absolute atomic E-state index is 0.00544. The van der Waals surface area contributed by atoms with E-state index in [0.717, 1.165) is 39.9 Å². The Morgan fingerprint density at radius 1 is 1.56 bits per heavy atom. The van der Waals surface area contributed by atoms with Crippen LogP contribution in [0.1, 0.15) is 40.9 Å². The lowest BCUT2D eigenvalue weighted by Gasteiger charge is -2.28. The molecule has 1 heterocycles. The van der Waals surface area contributed by atoms with E-state index in [9.17, 15) is 9.90 Å². The van der Waals surface area contributed by atoms with Gasteiger partial charge < -0.3 is 10.0 Å². The molecule has 1 aliphatic carbocycles. The molecule has 0 bridgehead atoms. The van der Waals surface area contributed by atoms with Gasteiger partial charge in [0.05, 0.1) is 14.3 Å². The molecule has 0 atom stereocenters. The molecule has 18 heavy (non-hydrogen) atoms. The van der Waals surface area contributed by atoms with Crippen molar-refractivity contribution in [2.45, 2.75) is 38.2 Å². The number of thiophene rings is 1. The van der Waals surface area contributed by atoms with Crippen LogP contribution in [0.4, 0.5) is 0 Å². The van der Waals surface area contributed by atoms with Gasteiger partial charge in [-0.1, -0.05) is 12.8 Å². The fraction of sp³-hybridized carbons (Fsp3) is 0.615. The number of hydrogen-bond acceptors (Lipinski definition) is 3. The summed E-state index contributed by atoms with van der Waals surface area (Å²) in [5, 5.41) is 10.3. The topological polar surface area (TPSA) is 40.5 Å². The normalized spacial score (nSPS) is 18.0. The summed E-state index contributed by atoms with van der Waals surface area (Å²) in [6.07, 6.45) is 3.72. The summed E-state index contributed by atoms with van der Waals surface area (Å²) in [5.74, 6) is -0.00544. The van der Waals surface area contributed by atoms with Crippen LogP contribution >= 0.6 is 27.3 Å². The van der Waals surface area contributed by atoms with Gasteiger partial charge in [-0.2, -0.15) is 0 Å². The Morgan fingerprint density at radius 2 is 2.17 bits per heavy atom. The van der Waals surface area contributed by atoms with Crippen LogP contribution in [0.15, 0.2) is 9.85 Å². The fourth-order valence-corrected chi connectivity index (χ4v) is 3.99. The molecule has 1 aromatic heterocycles. The van der Waals surface area contributed by atoms with Crippen LogP contribution in [0, 0.1) is 6.92 Å². The molecule has 3 nitrogen and oxygen atoms in total. The average molecular weight is 332 g/mol. The van der Waals surface area contributed by atoms with Crippen molar-refractivity contribution in [1.82, 2.24) is 4.90 Å². The number of likely N-dealkylation sites (N-methyl/N-ethyl adjacent to an activating group) is 1. The molecule has 0 aromatic carbocycles. The van der Waals surface area contributed by atoms with Crippen molar-refractivity contribution >= 4 is 33.2 Å². The van der Waals surface area contributed by atoms with Gasteiger partial charge in [0, 0.05) is 13.6 Å². The lowest BCUT2D eigenvalue weighted by molar-refractivity contribution is 0.0158. The number of carbonyl (C=O) groups is 1. The maximum atomic E-state index is 12.2. The number of aryl methyl sites for hydroxylation is 1. The van der Waals surface area contributed by atoms with Gasteiger partial charge in [-0.3, -0.25) is 4.79 Å². The van der Waals surface area contributed by atoms with Crippen LogP contribution in [-0.4, -0.2) is 35.1 Å². The Hall–Kier alpha value is -0.390. The summed E-state index contributed by atoms with van der Waals surface area (Å²) >= 11 is 4.88. The van der Waals surface area contributed by atoms with E-state index in [1.54, 1.807) is 11.9 Å². The summed E-state index contributed by atoms with van der Waals surface area (Å²) in [5.41, 5.74) is 0.407. The molecule has 100 valence electrons. The highest BCUT2D eigenvalue weighted by molar-refractivity contribution is 9.11. The number of nitrogens with zero attached hydrogens (tertiary/aromatic N) is 1.